The van der Waals surface area contributed by atoms with Crippen LogP contribution in [0.3, 0.4) is 0 Å². The van der Waals surface area contributed by atoms with Gasteiger partial charge in [-0.3, -0.25) is 9.59 Å². The predicted molar refractivity (Wildman–Crippen MR) is 233 cm³/mol. The van der Waals surface area contributed by atoms with Crippen LogP contribution in [-0.4, -0.2) is 89.0 Å². The number of unbranched alkanes of at least 4 members (excludes halogenated alkanes) is 28. The van der Waals surface area contributed by atoms with E-state index in [-0.39, 0.29) is 26.1 Å². The third kappa shape index (κ3) is 30.5. The maximum absolute atomic E-state index is 12.7. The van der Waals surface area contributed by atoms with Crippen molar-refractivity contribution in [2.24, 2.45) is 0 Å². The number of ether oxygens (including phenoxy) is 4. The molecule has 1 saturated heterocycles. The molecule has 0 aromatic carbocycles. The SMILES string of the molecule is CCCCCCCCCCCCCCCCCCCC/C=C/CCCC(=O)OC[C@@H](CO[C@H]1O[C@@H](CO)[C@@H](O)C(O)C1O)OC(=O)CCCCCCCCCCCC. The molecule has 342 valence electrons. The van der Waals surface area contributed by atoms with Crippen molar-refractivity contribution >= 4 is 11.9 Å². The summed E-state index contributed by atoms with van der Waals surface area (Å²) in [6.45, 7) is 3.41. The van der Waals surface area contributed by atoms with Gasteiger partial charge in [0.15, 0.2) is 12.4 Å². The van der Waals surface area contributed by atoms with Gasteiger partial charge in [0.05, 0.1) is 13.2 Å². The van der Waals surface area contributed by atoms with E-state index in [1.165, 1.54) is 154 Å². The van der Waals surface area contributed by atoms with Gasteiger partial charge in [0, 0.05) is 12.8 Å². The Morgan fingerprint density at radius 3 is 1.40 bits per heavy atom. The molecule has 0 spiro atoms. The van der Waals surface area contributed by atoms with Crippen LogP contribution in [0.2, 0.25) is 0 Å². The first kappa shape index (κ1) is 54.5. The summed E-state index contributed by atoms with van der Waals surface area (Å²) in [6.07, 6.45) is 35.3. The second kappa shape index (κ2) is 39.6. The number of rotatable bonds is 41. The molecule has 1 aliphatic heterocycles. The van der Waals surface area contributed by atoms with Crippen molar-refractivity contribution in [1.29, 1.82) is 0 Å². The van der Waals surface area contributed by atoms with Crippen LogP contribution in [0.4, 0.5) is 0 Å². The average Bonchev–Trinajstić information content (AvgIpc) is 3.22. The Hall–Kier alpha value is -1.56. The molecule has 1 heterocycles. The highest BCUT2D eigenvalue weighted by Crippen LogP contribution is 2.23. The van der Waals surface area contributed by atoms with Gasteiger partial charge in [-0.25, -0.2) is 0 Å². The van der Waals surface area contributed by atoms with Crippen LogP contribution < -0.4 is 0 Å². The molecule has 0 bridgehead atoms. The number of aliphatic hydroxyl groups excluding tert-OH is 4. The fourth-order valence-corrected chi connectivity index (χ4v) is 7.55. The Labute approximate surface area is 354 Å². The van der Waals surface area contributed by atoms with Gasteiger partial charge >= 0.3 is 11.9 Å². The van der Waals surface area contributed by atoms with Gasteiger partial charge in [0.2, 0.25) is 0 Å². The quantitative estimate of drug-likeness (QED) is 0.0266. The first-order chi connectivity index (χ1) is 28.3. The van der Waals surface area contributed by atoms with Crippen molar-refractivity contribution in [3.63, 3.8) is 0 Å². The summed E-state index contributed by atoms with van der Waals surface area (Å²) in [6, 6.07) is 0. The highest BCUT2D eigenvalue weighted by Gasteiger charge is 2.44. The summed E-state index contributed by atoms with van der Waals surface area (Å²) in [5, 5.41) is 40.0. The molecular weight excluding hydrogens is 737 g/mol. The molecule has 58 heavy (non-hydrogen) atoms. The zero-order chi connectivity index (χ0) is 42.3. The van der Waals surface area contributed by atoms with Gasteiger partial charge in [-0.05, 0) is 32.1 Å². The molecule has 0 amide bonds. The molecule has 1 fully saturated rings. The Morgan fingerprint density at radius 1 is 0.517 bits per heavy atom. The zero-order valence-electron chi connectivity index (χ0n) is 37.3. The monoisotopic (exact) mass is 827 g/mol. The van der Waals surface area contributed by atoms with Gasteiger partial charge < -0.3 is 39.4 Å². The van der Waals surface area contributed by atoms with Gasteiger partial charge in [-0.2, -0.15) is 0 Å². The van der Waals surface area contributed by atoms with Crippen molar-refractivity contribution in [2.75, 3.05) is 19.8 Å². The van der Waals surface area contributed by atoms with Crippen LogP contribution in [0.15, 0.2) is 12.2 Å². The molecule has 1 rings (SSSR count). The van der Waals surface area contributed by atoms with Crippen molar-refractivity contribution in [2.45, 2.75) is 263 Å². The van der Waals surface area contributed by atoms with Gasteiger partial charge in [-0.15, -0.1) is 0 Å². The molecule has 0 aliphatic carbocycles. The molecule has 0 aromatic heterocycles. The van der Waals surface area contributed by atoms with Crippen LogP contribution in [0.25, 0.3) is 0 Å². The highest BCUT2D eigenvalue weighted by atomic mass is 16.7. The fourth-order valence-electron chi connectivity index (χ4n) is 7.55. The second-order valence-corrected chi connectivity index (χ2v) is 16.9. The van der Waals surface area contributed by atoms with Crippen molar-refractivity contribution < 1.29 is 49.0 Å². The van der Waals surface area contributed by atoms with E-state index in [0.29, 0.717) is 12.8 Å². The lowest BCUT2D eigenvalue weighted by atomic mass is 9.99. The molecule has 0 radical (unpaired) electrons. The van der Waals surface area contributed by atoms with Crippen LogP contribution in [0.5, 0.6) is 0 Å². The summed E-state index contributed by atoms with van der Waals surface area (Å²) < 4.78 is 22.1. The summed E-state index contributed by atoms with van der Waals surface area (Å²) in [4.78, 5) is 25.3. The molecule has 1 aliphatic rings. The van der Waals surface area contributed by atoms with E-state index in [2.05, 4.69) is 26.0 Å². The molecule has 2 unspecified atom stereocenters. The largest absolute Gasteiger partial charge is 0.462 e. The number of aliphatic hydroxyl groups is 4. The van der Waals surface area contributed by atoms with E-state index in [1.54, 1.807) is 0 Å². The summed E-state index contributed by atoms with van der Waals surface area (Å²) >= 11 is 0. The minimum Gasteiger partial charge on any atom is -0.462 e. The van der Waals surface area contributed by atoms with Crippen molar-refractivity contribution in [1.82, 2.24) is 0 Å². The minimum atomic E-state index is -1.59. The first-order valence-electron chi connectivity index (χ1n) is 24.3. The molecule has 4 N–H and O–H groups in total. The lowest BCUT2D eigenvalue weighted by Gasteiger charge is -2.39. The topological polar surface area (TPSA) is 152 Å². The van der Waals surface area contributed by atoms with Gasteiger partial charge in [0.1, 0.15) is 31.0 Å². The average molecular weight is 827 g/mol. The standard InChI is InChI=1S/C48H90O10/c1-3-5-7-9-11-13-15-16-17-18-19-20-21-22-23-24-25-26-27-29-30-32-34-36-43(50)55-39-41(40-56-48-47(54)46(53)45(52)42(38-49)58-48)57-44(51)37-35-33-31-28-14-12-10-8-6-4-2/h29-30,41-42,45-49,52-54H,3-28,31-40H2,1-2H3/b30-29+/t41-,42-,45+,46?,47?,48-/m0/s1. The number of hydrogen-bond acceptors (Lipinski definition) is 10. The number of hydrogen-bond donors (Lipinski definition) is 4. The molecule has 6 atom stereocenters. The molecule has 10 heteroatoms. The van der Waals surface area contributed by atoms with Crippen LogP contribution in [0, 0.1) is 0 Å². The van der Waals surface area contributed by atoms with E-state index < -0.39 is 55.4 Å². The minimum absolute atomic E-state index is 0.227. The van der Waals surface area contributed by atoms with Crippen molar-refractivity contribution in [3.05, 3.63) is 12.2 Å². The summed E-state index contributed by atoms with van der Waals surface area (Å²) in [5.41, 5.74) is 0. The maximum Gasteiger partial charge on any atom is 0.306 e. The molecule has 0 aromatic rings. The van der Waals surface area contributed by atoms with E-state index in [4.69, 9.17) is 18.9 Å². The van der Waals surface area contributed by atoms with E-state index in [1.807, 2.05) is 0 Å². The van der Waals surface area contributed by atoms with Crippen LogP contribution >= 0.6 is 0 Å². The number of allylic oxidation sites excluding steroid dienone is 2. The molecule has 10 nitrogen and oxygen atoms in total. The Kier molecular flexibility index (Phi) is 37.2. The summed E-state index contributed by atoms with van der Waals surface area (Å²) in [7, 11) is 0. The smallest absolute Gasteiger partial charge is 0.306 e. The predicted octanol–water partition coefficient (Wildman–Crippen LogP) is 10.7. The lowest BCUT2D eigenvalue weighted by Crippen LogP contribution is -2.59. The van der Waals surface area contributed by atoms with E-state index in [9.17, 15) is 30.0 Å². The van der Waals surface area contributed by atoms with E-state index >= 15 is 0 Å². The summed E-state index contributed by atoms with van der Waals surface area (Å²) in [5.74, 6) is -0.835. The normalized spacial score (nSPS) is 20.1. The van der Waals surface area contributed by atoms with Crippen LogP contribution in [0.1, 0.15) is 226 Å². The van der Waals surface area contributed by atoms with Gasteiger partial charge in [-0.1, -0.05) is 193 Å². The van der Waals surface area contributed by atoms with E-state index in [0.717, 1.165) is 32.1 Å². The molecular formula is C48H90O10. The Bertz CT molecular complexity index is 959. The second-order valence-electron chi connectivity index (χ2n) is 16.9. The Balaban J connectivity index is 2.22. The highest BCUT2D eigenvalue weighted by molar-refractivity contribution is 5.70. The number of esters is 2. The first-order valence-corrected chi connectivity index (χ1v) is 24.3. The molecule has 0 saturated carbocycles. The third-order valence-corrected chi connectivity index (χ3v) is 11.4. The maximum atomic E-state index is 12.7. The number of carbonyl (C=O) groups is 2. The van der Waals surface area contributed by atoms with Crippen LogP contribution in [-0.2, 0) is 28.5 Å². The van der Waals surface area contributed by atoms with Gasteiger partial charge in [0.25, 0.3) is 0 Å². The third-order valence-electron chi connectivity index (χ3n) is 11.4. The zero-order valence-corrected chi connectivity index (χ0v) is 37.3. The lowest BCUT2D eigenvalue weighted by molar-refractivity contribution is -0.305. The number of carbonyl (C=O) groups excluding carboxylic acids is 2. The Morgan fingerprint density at radius 2 is 0.931 bits per heavy atom. The fraction of sp³-hybridized carbons (Fsp3) is 0.917. The van der Waals surface area contributed by atoms with Crippen molar-refractivity contribution in [3.8, 4) is 0 Å².